The molecule has 1 unspecified atom stereocenters. The molecule has 0 radical (unpaired) electrons. The minimum absolute atomic E-state index is 0.192. The van der Waals surface area contributed by atoms with Gasteiger partial charge in [0.2, 0.25) is 6.79 Å². The van der Waals surface area contributed by atoms with Gasteiger partial charge in [-0.15, -0.1) is 0 Å². The fraction of sp³-hybridized carbons (Fsp3) is 0.174. The summed E-state index contributed by atoms with van der Waals surface area (Å²) in [6.45, 7) is 2.38. The van der Waals surface area contributed by atoms with Crippen molar-refractivity contribution in [2.45, 2.75) is 19.6 Å². The van der Waals surface area contributed by atoms with E-state index in [1.54, 1.807) is 37.3 Å². The van der Waals surface area contributed by atoms with Gasteiger partial charge in [-0.2, -0.15) is 0 Å². The molecule has 1 atom stereocenters. The molecule has 3 aromatic carbocycles. The number of hydrogen-bond donors (Lipinski definition) is 1. The van der Waals surface area contributed by atoms with Gasteiger partial charge in [-0.3, -0.25) is 4.79 Å². The lowest BCUT2D eigenvalue weighted by Gasteiger charge is -2.15. The summed E-state index contributed by atoms with van der Waals surface area (Å²) >= 11 is 0. The molecule has 0 bridgehead atoms. The van der Waals surface area contributed by atoms with Crippen molar-refractivity contribution >= 4 is 11.6 Å². The van der Waals surface area contributed by atoms with E-state index in [1.807, 2.05) is 42.5 Å². The molecular formula is C23H21NO5. The van der Waals surface area contributed by atoms with E-state index in [2.05, 4.69) is 5.32 Å². The van der Waals surface area contributed by atoms with E-state index in [1.165, 1.54) is 0 Å². The predicted molar refractivity (Wildman–Crippen MR) is 109 cm³/mol. The van der Waals surface area contributed by atoms with Crippen LogP contribution in [-0.4, -0.2) is 18.8 Å². The zero-order valence-electron chi connectivity index (χ0n) is 16.0. The summed E-state index contributed by atoms with van der Waals surface area (Å²) in [5.74, 6) is 2.35. The summed E-state index contributed by atoms with van der Waals surface area (Å²) in [7, 11) is 0. The second-order valence-corrected chi connectivity index (χ2v) is 6.56. The fourth-order valence-electron chi connectivity index (χ4n) is 2.83. The van der Waals surface area contributed by atoms with Crippen molar-refractivity contribution in [1.29, 1.82) is 0 Å². The Morgan fingerprint density at radius 3 is 2.48 bits per heavy atom. The monoisotopic (exact) mass is 391 g/mol. The number of fused-ring (bicyclic) bond motifs is 1. The third kappa shape index (κ3) is 4.79. The lowest BCUT2D eigenvalue weighted by Crippen LogP contribution is -2.30. The van der Waals surface area contributed by atoms with Crippen LogP contribution in [0.3, 0.4) is 0 Å². The van der Waals surface area contributed by atoms with Crippen LogP contribution < -0.4 is 24.3 Å². The first-order chi connectivity index (χ1) is 14.2. The molecule has 1 aliphatic rings. The van der Waals surface area contributed by atoms with Crippen LogP contribution in [0.2, 0.25) is 0 Å². The number of hydrogen-bond acceptors (Lipinski definition) is 5. The Bertz CT molecular complexity index is 972. The molecule has 1 aliphatic heterocycles. The molecule has 1 amide bonds. The first-order valence-electron chi connectivity index (χ1n) is 9.31. The second kappa shape index (κ2) is 8.56. The van der Waals surface area contributed by atoms with Crippen molar-refractivity contribution in [2.24, 2.45) is 0 Å². The topological polar surface area (TPSA) is 66.0 Å². The SMILES string of the molecule is CC(Oc1ccc(OCc2ccccc2)cc1)C(=O)Nc1ccc2c(c1)OCO2. The Morgan fingerprint density at radius 1 is 0.966 bits per heavy atom. The van der Waals surface area contributed by atoms with Gasteiger partial charge in [0.15, 0.2) is 17.6 Å². The largest absolute Gasteiger partial charge is 0.489 e. The van der Waals surface area contributed by atoms with Crippen molar-refractivity contribution < 1.29 is 23.7 Å². The molecule has 0 aliphatic carbocycles. The van der Waals surface area contributed by atoms with E-state index in [4.69, 9.17) is 18.9 Å². The third-order valence-corrected chi connectivity index (χ3v) is 4.39. The van der Waals surface area contributed by atoms with Crippen LogP contribution in [-0.2, 0) is 11.4 Å². The first kappa shape index (κ1) is 18.7. The Morgan fingerprint density at radius 2 is 1.69 bits per heavy atom. The van der Waals surface area contributed by atoms with Crippen LogP contribution in [0.25, 0.3) is 0 Å². The van der Waals surface area contributed by atoms with Gasteiger partial charge in [-0.25, -0.2) is 0 Å². The second-order valence-electron chi connectivity index (χ2n) is 6.56. The highest BCUT2D eigenvalue weighted by molar-refractivity contribution is 5.94. The molecule has 148 valence electrons. The maximum atomic E-state index is 12.4. The highest BCUT2D eigenvalue weighted by atomic mass is 16.7. The van der Waals surface area contributed by atoms with Crippen LogP contribution in [0.15, 0.2) is 72.8 Å². The van der Waals surface area contributed by atoms with E-state index < -0.39 is 6.10 Å². The molecule has 0 fully saturated rings. The summed E-state index contributed by atoms with van der Waals surface area (Å²) in [5, 5.41) is 2.82. The smallest absolute Gasteiger partial charge is 0.265 e. The first-order valence-corrected chi connectivity index (χ1v) is 9.31. The molecule has 3 aromatic rings. The van der Waals surface area contributed by atoms with E-state index in [-0.39, 0.29) is 12.7 Å². The standard InChI is InChI=1S/C23H21NO5/c1-16(23(25)24-18-7-12-21-22(13-18)28-15-27-21)29-20-10-8-19(9-11-20)26-14-17-5-3-2-4-6-17/h2-13,16H,14-15H2,1H3,(H,24,25). The summed E-state index contributed by atoms with van der Waals surface area (Å²) in [5.41, 5.74) is 1.72. The van der Waals surface area contributed by atoms with Gasteiger partial charge in [-0.1, -0.05) is 30.3 Å². The van der Waals surface area contributed by atoms with E-state index in [0.29, 0.717) is 29.5 Å². The van der Waals surface area contributed by atoms with Gasteiger partial charge in [-0.05, 0) is 48.9 Å². The number of rotatable bonds is 7. The molecule has 0 aromatic heterocycles. The summed E-state index contributed by atoms with van der Waals surface area (Å²) in [4.78, 5) is 12.4. The van der Waals surface area contributed by atoms with Crippen LogP contribution in [0, 0.1) is 0 Å². The molecule has 0 saturated carbocycles. The average Bonchev–Trinajstić information content (AvgIpc) is 3.22. The van der Waals surface area contributed by atoms with Crippen LogP contribution >= 0.6 is 0 Å². The lowest BCUT2D eigenvalue weighted by atomic mass is 10.2. The van der Waals surface area contributed by atoms with Gasteiger partial charge < -0.3 is 24.3 Å². The van der Waals surface area contributed by atoms with Crippen molar-refractivity contribution in [3.8, 4) is 23.0 Å². The minimum Gasteiger partial charge on any atom is -0.489 e. The van der Waals surface area contributed by atoms with E-state index in [9.17, 15) is 4.79 Å². The molecule has 4 rings (SSSR count). The van der Waals surface area contributed by atoms with Crippen LogP contribution in [0.1, 0.15) is 12.5 Å². The molecule has 0 saturated heterocycles. The average molecular weight is 391 g/mol. The number of carbonyl (C=O) groups excluding carboxylic acids is 1. The highest BCUT2D eigenvalue weighted by Gasteiger charge is 2.18. The number of amides is 1. The van der Waals surface area contributed by atoms with Gasteiger partial charge in [0.25, 0.3) is 5.91 Å². The quantitative estimate of drug-likeness (QED) is 0.647. The number of benzene rings is 3. The highest BCUT2D eigenvalue weighted by Crippen LogP contribution is 2.34. The summed E-state index contributed by atoms with van der Waals surface area (Å²) < 4.78 is 22.1. The van der Waals surface area contributed by atoms with Crippen molar-refractivity contribution in [2.75, 3.05) is 12.1 Å². The number of ether oxygens (including phenoxy) is 4. The number of nitrogens with one attached hydrogen (secondary N) is 1. The maximum Gasteiger partial charge on any atom is 0.265 e. The van der Waals surface area contributed by atoms with E-state index >= 15 is 0 Å². The van der Waals surface area contributed by atoms with Crippen LogP contribution in [0.5, 0.6) is 23.0 Å². The van der Waals surface area contributed by atoms with Gasteiger partial charge in [0, 0.05) is 11.8 Å². The lowest BCUT2D eigenvalue weighted by molar-refractivity contribution is -0.122. The zero-order chi connectivity index (χ0) is 20.1. The Balaban J connectivity index is 1.29. The molecule has 0 spiro atoms. The Labute approximate surface area is 169 Å². The van der Waals surface area contributed by atoms with Crippen molar-refractivity contribution in [1.82, 2.24) is 0 Å². The number of carbonyl (C=O) groups is 1. The molecule has 6 nitrogen and oxygen atoms in total. The van der Waals surface area contributed by atoms with Crippen molar-refractivity contribution in [3.05, 3.63) is 78.4 Å². The minimum atomic E-state index is -0.670. The predicted octanol–water partition coefficient (Wildman–Crippen LogP) is 4.40. The third-order valence-electron chi connectivity index (χ3n) is 4.39. The van der Waals surface area contributed by atoms with E-state index in [0.717, 1.165) is 11.3 Å². The molecule has 1 heterocycles. The van der Waals surface area contributed by atoms with Crippen molar-refractivity contribution in [3.63, 3.8) is 0 Å². The maximum absolute atomic E-state index is 12.4. The molecule has 6 heteroatoms. The Kier molecular flexibility index (Phi) is 5.52. The van der Waals surface area contributed by atoms with Crippen LogP contribution in [0.4, 0.5) is 5.69 Å². The van der Waals surface area contributed by atoms with Gasteiger partial charge in [0.05, 0.1) is 0 Å². The Hall–Kier alpha value is -3.67. The van der Waals surface area contributed by atoms with Gasteiger partial charge >= 0.3 is 0 Å². The number of anilines is 1. The zero-order valence-corrected chi connectivity index (χ0v) is 16.0. The summed E-state index contributed by atoms with van der Waals surface area (Å²) in [6, 6.07) is 22.4. The molecule has 1 N–H and O–H groups in total. The fourth-order valence-corrected chi connectivity index (χ4v) is 2.83. The normalized spacial score (nSPS) is 12.9. The van der Waals surface area contributed by atoms with Gasteiger partial charge in [0.1, 0.15) is 18.1 Å². The molecular weight excluding hydrogens is 370 g/mol. The molecule has 29 heavy (non-hydrogen) atoms. The summed E-state index contributed by atoms with van der Waals surface area (Å²) in [6.07, 6.45) is -0.670.